The van der Waals surface area contributed by atoms with Crippen LogP contribution in [0.2, 0.25) is 0 Å². The van der Waals surface area contributed by atoms with Crippen molar-refractivity contribution < 1.29 is 14.1 Å². The maximum atomic E-state index is 12.5. The third kappa shape index (κ3) is 5.81. The van der Waals surface area contributed by atoms with E-state index < -0.39 is 0 Å². The molecule has 1 N–H and O–H groups in total. The van der Waals surface area contributed by atoms with Crippen LogP contribution in [-0.4, -0.2) is 52.0 Å². The number of aromatic nitrogens is 2. The van der Waals surface area contributed by atoms with Gasteiger partial charge in [-0.2, -0.15) is 4.98 Å². The van der Waals surface area contributed by atoms with Gasteiger partial charge in [0.15, 0.2) is 5.82 Å². The highest BCUT2D eigenvalue weighted by molar-refractivity contribution is 5.76. The van der Waals surface area contributed by atoms with Gasteiger partial charge in [0, 0.05) is 39.5 Å². The van der Waals surface area contributed by atoms with E-state index in [0.717, 1.165) is 18.4 Å². The van der Waals surface area contributed by atoms with Crippen LogP contribution in [0.3, 0.4) is 0 Å². The zero-order chi connectivity index (χ0) is 21.5. The molecule has 2 heterocycles. The lowest BCUT2D eigenvalue weighted by atomic mass is 10.2. The highest BCUT2D eigenvalue weighted by Crippen LogP contribution is 2.30. The van der Waals surface area contributed by atoms with Gasteiger partial charge in [-0.1, -0.05) is 49.3 Å². The van der Waals surface area contributed by atoms with Crippen LogP contribution in [-0.2, 0) is 17.8 Å². The molecule has 1 fully saturated rings. The largest absolute Gasteiger partial charge is 0.341 e. The topological polar surface area (TPSA) is 91.6 Å². The number of rotatable bonds is 8. The number of nitrogens with zero attached hydrogens (tertiary/aromatic N) is 4. The molecule has 8 nitrogen and oxygen atoms in total. The number of aryl methyl sites for hydroxylation is 1. The van der Waals surface area contributed by atoms with Gasteiger partial charge in [0.1, 0.15) is 0 Å². The number of benzene rings is 1. The van der Waals surface area contributed by atoms with Crippen LogP contribution in [0.15, 0.2) is 34.9 Å². The fraction of sp³-hybridized carbons (Fsp3) is 0.545. The summed E-state index contributed by atoms with van der Waals surface area (Å²) in [5, 5.41) is 7.04. The first-order valence-corrected chi connectivity index (χ1v) is 10.6. The zero-order valence-corrected chi connectivity index (χ0v) is 18.0. The Morgan fingerprint density at radius 2 is 2.07 bits per heavy atom. The molecular formula is C22H31N5O3. The van der Waals surface area contributed by atoms with Crippen molar-refractivity contribution in [3.63, 3.8) is 0 Å². The Morgan fingerprint density at radius 3 is 2.80 bits per heavy atom. The van der Waals surface area contributed by atoms with Crippen LogP contribution < -0.4 is 5.32 Å². The molecule has 1 atom stereocenters. The molecule has 3 rings (SSSR count). The van der Waals surface area contributed by atoms with Gasteiger partial charge in [0.2, 0.25) is 11.8 Å². The molecule has 0 saturated carbocycles. The first kappa shape index (κ1) is 21.8. The van der Waals surface area contributed by atoms with Crippen molar-refractivity contribution in [2.75, 3.05) is 20.1 Å². The summed E-state index contributed by atoms with van der Waals surface area (Å²) in [6.07, 6.45) is 2.41. The van der Waals surface area contributed by atoms with Crippen molar-refractivity contribution >= 4 is 11.9 Å². The molecule has 162 valence electrons. The molecule has 0 bridgehead atoms. The molecule has 8 heteroatoms. The first-order chi connectivity index (χ1) is 14.4. The number of urea groups is 1. The summed E-state index contributed by atoms with van der Waals surface area (Å²) in [5.74, 6) is 1.37. The summed E-state index contributed by atoms with van der Waals surface area (Å²) < 4.78 is 5.36. The highest BCUT2D eigenvalue weighted by atomic mass is 16.5. The molecule has 1 unspecified atom stereocenters. The predicted molar refractivity (Wildman–Crippen MR) is 112 cm³/mol. The van der Waals surface area contributed by atoms with E-state index in [2.05, 4.69) is 29.3 Å². The van der Waals surface area contributed by atoms with Crippen molar-refractivity contribution in [2.45, 2.75) is 52.1 Å². The first-order valence-electron chi connectivity index (χ1n) is 10.6. The molecule has 1 aliphatic heterocycles. The molecule has 1 aliphatic rings. The van der Waals surface area contributed by atoms with Crippen LogP contribution in [0.1, 0.15) is 56.4 Å². The minimum atomic E-state index is -0.175. The van der Waals surface area contributed by atoms with Crippen molar-refractivity contribution in [2.24, 2.45) is 5.92 Å². The monoisotopic (exact) mass is 413 g/mol. The summed E-state index contributed by atoms with van der Waals surface area (Å²) >= 11 is 0. The van der Waals surface area contributed by atoms with Crippen molar-refractivity contribution in [3.8, 4) is 0 Å². The van der Waals surface area contributed by atoms with E-state index in [1.54, 1.807) is 16.8 Å². The van der Waals surface area contributed by atoms with E-state index in [1.165, 1.54) is 0 Å². The number of likely N-dealkylation sites (tertiary alicyclic amines) is 1. The molecule has 0 spiro atoms. The van der Waals surface area contributed by atoms with Crippen molar-refractivity contribution in [1.82, 2.24) is 25.3 Å². The van der Waals surface area contributed by atoms with E-state index in [1.807, 2.05) is 30.3 Å². The summed E-state index contributed by atoms with van der Waals surface area (Å²) in [7, 11) is 1.79. The number of hydrogen-bond acceptors (Lipinski definition) is 5. The predicted octanol–water partition coefficient (Wildman–Crippen LogP) is 3.16. The van der Waals surface area contributed by atoms with E-state index in [0.29, 0.717) is 50.1 Å². The Bertz CT molecular complexity index is 836. The van der Waals surface area contributed by atoms with Crippen LogP contribution in [0, 0.1) is 5.92 Å². The smallest absolute Gasteiger partial charge is 0.318 e. The lowest BCUT2D eigenvalue weighted by Gasteiger charge is -2.23. The molecule has 2 aromatic rings. The number of hydrogen-bond donors (Lipinski definition) is 1. The Hall–Kier alpha value is -2.90. The fourth-order valence-corrected chi connectivity index (χ4v) is 3.53. The third-order valence-corrected chi connectivity index (χ3v) is 5.20. The number of carbonyl (C=O) groups is 2. The number of amides is 3. The summed E-state index contributed by atoms with van der Waals surface area (Å²) in [5.41, 5.74) is 1.09. The van der Waals surface area contributed by atoms with Crippen LogP contribution in [0.5, 0.6) is 0 Å². The lowest BCUT2D eigenvalue weighted by Crippen LogP contribution is -2.41. The fourth-order valence-electron chi connectivity index (χ4n) is 3.53. The van der Waals surface area contributed by atoms with Crippen LogP contribution >= 0.6 is 0 Å². The highest BCUT2D eigenvalue weighted by Gasteiger charge is 2.33. The van der Waals surface area contributed by atoms with Gasteiger partial charge in [-0.25, -0.2) is 4.79 Å². The van der Waals surface area contributed by atoms with Gasteiger partial charge in [0.05, 0.1) is 6.04 Å². The number of carbonyl (C=O) groups excluding carboxylic acids is 2. The number of nitrogens with one attached hydrogen (secondary N) is 1. The second-order valence-electron chi connectivity index (χ2n) is 8.21. The molecular weight excluding hydrogens is 382 g/mol. The summed E-state index contributed by atoms with van der Waals surface area (Å²) in [6, 6.07) is 9.61. The van der Waals surface area contributed by atoms with Crippen molar-refractivity contribution in [3.05, 3.63) is 47.6 Å². The Labute approximate surface area is 177 Å². The maximum absolute atomic E-state index is 12.5. The second-order valence-corrected chi connectivity index (χ2v) is 8.21. The summed E-state index contributed by atoms with van der Waals surface area (Å²) in [4.78, 5) is 32.8. The average Bonchev–Trinajstić information content (AvgIpc) is 3.40. The van der Waals surface area contributed by atoms with Gasteiger partial charge in [-0.05, 0) is 24.3 Å². The lowest BCUT2D eigenvalue weighted by molar-refractivity contribution is -0.130. The minimum Gasteiger partial charge on any atom is -0.341 e. The van der Waals surface area contributed by atoms with Crippen LogP contribution in [0.4, 0.5) is 4.79 Å². The second kappa shape index (κ2) is 10.2. The molecule has 30 heavy (non-hydrogen) atoms. The van der Waals surface area contributed by atoms with E-state index in [4.69, 9.17) is 4.52 Å². The summed E-state index contributed by atoms with van der Waals surface area (Å²) in [6.45, 7) is 6.01. The standard InChI is InChI=1S/C22H31N5O3/c1-16(2)14-23-22(29)27-13-7-10-18(27)21-24-19(30-25-21)11-12-20(28)26(3)15-17-8-5-4-6-9-17/h4-6,8-9,16,18H,7,10-15H2,1-3H3,(H,23,29). The molecule has 0 radical (unpaired) electrons. The Kier molecular flexibility index (Phi) is 7.43. The Morgan fingerprint density at radius 1 is 1.30 bits per heavy atom. The zero-order valence-electron chi connectivity index (χ0n) is 18.0. The molecule has 1 aromatic heterocycles. The Balaban J connectivity index is 1.51. The van der Waals surface area contributed by atoms with E-state index in [9.17, 15) is 9.59 Å². The third-order valence-electron chi connectivity index (χ3n) is 5.20. The van der Waals surface area contributed by atoms with E-state index >= 15 is 0 Å². The van der Waals surface area contributed by atoms with Gasteiger partial charge >= 0.3 is 6.03 Å². The van der Waals surface area contributed by atoms with E-state index in [-0.39, 0.29) is 18.0 Å². The quantitative estimate of drug-likeness (QED) is 0.718. The molecule has 0 aliphatic carbocycles. The van der Waals surface area contributed by atoms with Gasteiger partial charge < -0.3 is 19.6 Å². The molecule has 3 amide bonds. The maximum Gasteiger partial charge on any atom is 0.318 e. The molecule has 1 aromatic carbocycles. The van der Waals surface area contributed by atoms with Gasteiger partial charge in [0.25, 0.3) is 0 Å². The molecule has 1 saturated heterocycles. The SMILES string of the molecule is CC(C)CNC(=O)N1CCCC1c1noc(CCC(=O)N(C)Cc2ccccc2)n1. The van der Waals surface area contributed by atoms with Gasteiger partial charge in [-0.15, -0.1) is 0 Å². The minimum absolute atomic E-state index is 0.0224. The van der Waals surface area contributed by atoms with Crippen molar-refractivity contribution in [1.29, 1.82) is 0 Å². The normalized spacial score (nSPS) is 16.1. The van der Waals surface area contributed by atoms with Gasteiger partial charge in [-0.3, -0.25) is 4.79 Å². The van der Waals surface area contributed by atoms with Crippen LogP contribution in [0.25, 0.3) is 0 Å². The average molecular weight is 414 g/mol.